The van der Waals surface area contributed by atoms with Crippen molar-refractivity contribution in [1.29, 1.82) is 0 Å². The molecule has 0 radical (unpaired) electrons. The van der Waals surface area contributed by atoms with Crippen LogP contribution < -0.4 is 0 Å². The van der Waals surface area contributed by atoms with E-state index in [1.165, 1.54) is 43.3 Å². The van der Waals surface area contributed by atoms with Gasteiger partial charge in [0, 0.05) is 19.8 Å². The van der Waals surface area contributed by atoms with E-state index in [4.69, 9.17) is 4.74 Å². The summed E-state index contributed by atoms with van der Waals surface area (Å²) in [5.41, 5.74) is 1.05. The lowest BCUT2D eigenvalue weighted by atomic mass is 10.2. The number of carbonyl (C=O) groups excluding carboxylic acids is 2. The molecule has 1 amide bonds. The second-order valence-electron chi connectivity index (χ2n) is 5.75. The van der Waals surface area contributed by atoms with E-state index >= 15 is 0 Å². The van der Waals surface area contributed by atoms with Gasteiger partial charge in [-0.05, 0) is 43.2 Å². The minimum absolute atomic E-state index is 0.173. The van der Waals surface area contributed by atoms with Crippen LogP contribution in [-0.2, 0) is 16.1 Å². The first-order valence-electron chi connectivity index (χ1n) is 7.64. The highest BCUT2D eigenvalue weighted by Crippen LogP contribution is 2.17. The van der Waals surface area contributed by atoms with E-state index in [1.54, 1.807) is 19.1 Å². The summed E-state index contributed by atoms with van der Waals surface area (Å²) >= 11 is 0. The Morgan fingerprint density at radius 1 is 1.36 bits per heavy atom. The van der Waals surface area contributed by atoms with Crippen LogP contribution >= 0.6 is 0 Å². The van der Waals surface area contributed by atoms with Crippen LogP contribution in [0, 0.1) is 12.7 Å². The number of ether oxygens (including phenoxy) is 1. The molecule has 0 aliphatic heterocycles. The van der Waals surface area contributed by atoms with E-state index in [9.17, 15) is 19.1 Å². The van der Waals surface area contributed by atoms with Gasteiger partial charge in [0.1, 0.15) is 11.6 Å². The molecule has 2 aromatic rings. The Labute approximate surface area is 144 Å². The van der Waals surface area contributed by atoms with Gasteiger partial charge in [0.2, 0.25) is 0 Å². The quantitative estimate of drug-likeness (QED) is 0.841. The highest BCUT2D eigenvalue weighted by molar-refractivity contribution is 5.92. The molecule has 1 aromatic carbocycles. The van der Waals surface area contributed by atoms with Gasteiger partial charge in [-0.3, -0.25) is 4.79 Å². The third kappa shape index (κ3) is 4.76. The van der Waals surface area contributed by atoms with Crippen molar-refractivity contribution < 1.29 is 23.8 Å². The number of nitrogens with zero attached hydrogens (tertiary/aromatic N) is 2. The summed E-state index contributed by atoms with van der Waals surface area (Å²) in [4.78, 5) is 29.5. The van der Waals surface area contributed by atoms with E-state index in [-0.39, 0.29) is 18.0 Å². The Kier molecular flexibility index (Phi) is 5.69. The lowest BCUT2D eigenvalue weighted by molar-refractivity contribution is -0.139. The van der Waals surface area contributed by atoms with E-state index in [1.807, 2.05) is 0 Å². The van der Waals surface area contributed by atoms with Crippen LogP contribution in [0.15, 0.2) is 36.5 Å². The maximum absolute atomic E-state index is 13.2. The highest BCUT2D eigenvalue weighted by atomic mass is 19.1. The number of aryl methyl sites for hydroxylation is 1. The molecule has 1 atom stereocenters. The summed E-state index contributed by atoms with van der Waals surface area (Å²) in [5.74, 6) is -2.04. The van der Waals surface area contributed by atoms with Crippen LogP contribution in [0.1, 0.15) is 28.5 Å². The van der Waals surface area contributed by atoms with Crippen LogP contribution in [0.3, 0.4) is 0 Å². The van der Waals surface area contributed by atoms with Crippen LogP contribution in [-0.4, -0.2) is 40.0 Å². The van der Waals surface area contributed by atoms with E-state index in [0.717, 1.165) is 0 Å². The number of hydrogen-bond donors (Lipinski definition) is 1. The fourth-order valence-electron chi connectivity index (χ4n) is 2.28. The minimum Gasteiger partial charge on any atom is -0.505 e. The standard InChI is InChI=1S/C18H19FN2O4/c1-11-7-15(22)16(20-9-11)18(24)25-12(2)17(23)21(3)10-13-5-4-6-14(19)8-13/h4-9,12,22H,10H2,1-3H3. The summed E-state index contributed by atoms with van der Waals surface area (Å²) in [6, 6.07) is 7.27. The zero-order valence-corrected chi connectivity index (χ0v) is 14.2. The van der Waals surface area contributed by atoms with Gasteiger partial charge in [-0.15, -0.1) is 0 Å². The van der Waals surface area contributed by atoms with Crippen LogP contribution in [0.25, 0.3) is 0 Å². The molecule has 0 spiro atoms. The molecule has 0 bridgehead atoms. The molecule has 2 rings (SSSR count). The van der Waals surface area contributed by atoms with Gasteiger partial charge in [0.25, 0.3) is 5.91 Å². The summed E-state index contributed by atoms with van der Waals surface area (Å²) in [5, 5.41) is 9.75. The zero-order valence-electron chi connectivity index (χ0n) is 14.2. The molecule has 0 fully saturated rings. The first-order valence-corrected chi connectivity index (χ1v) is 7.64. The van der Waals surface area contributed by atoms with Gasteiger partial charge in [0.15, 0.2) is 11.8 Å². The number of esters is 1. The van der Waals surface area contributed by atoms with Gasteiger partial charge >= 0.3 is 5.97 Å². The van der Waals surface area contributed by atoms with Crippen molar-refractivity contribution in [2.75, 3.05) is 7.05 Å². The molecule has 0 aliphatic carbocycles. The van der Waals surface area contributed by atoms with Gasteiger partial charge in [0.05, 0.1) is 0 Å². The van der Waals surface area contributed by atoms with Crippen LogP contribution in [0.5, 0.6) is 5.75 Å². The fourth-order valence-corrected chi connectivity index (χ4v) is 2.28. The van der Waals surface area contributed by atoms with Crippen molar-refractivity contribution in [1.82, 2.24) is 9.88 Å². The van der Waals surface area contributed by atoms with Gasteiger partial charge in [-0.1, -0.05) is 12.1 Å². The van der Waals surface area contributed by atoms with E-state index in [0.29, 0.717) is 11.1 Å². The molecule has 25 heavy (non-hydrogen) atoms. The van der Waals surface area contributed by atoms with Gasteiger partial charge < -0.3 is 14.7 Å². The van der Waals surface area contributed by atoms with Crippen molar-refractivity contribution in [2.24, 2.45) is 0 Å². The summed E-state index contributed by atoms with van der Waals surface area (Å²) in [6.07, 6.45) is 0.340. The minimum atomic E-state index is -1.08. The lowest BCUT2D eigenvalue weighted by Gasteiger charge is -2.21. The number of rotatable bonds is 5. The topological polar surface area (TPSA) is 79.7 Å². The Balaban J connectivity index is 2.00. The molecule has 1 N–H and O–H groups in total. The number of aromatic nitrogens is 1. The molecule has 1 unspecified atom stereocenters. The maximum atomic E-state index is 13.2. The van der Waals surface area contributed by atoms with Gasteiger partial charge in [-0.25, -0.2) is 14.2 Å². The molecule has 6 nitrogen and oxygen atoms in total. The molecular formula is C18H19FN2O4. The van der Waals surface area contributed by atoms with Crippen molar-refractivity contribution in [3.63, 3.8) is 0 Å². The number of halogens is 1. The van der Waals surface area contributed by atoms with E-state index < -0.39 is 23.8 Å². The number of hydrogen-bond acceptors (Lipinski definition) is 5. The first kappa shape index (κ1) is 18.4. The monoisotopic (exact) mass is 346 g/mol. The maximum Gasteiger partial charge on any atom is 0.361 e. The average molecular weight is 346 g/mol. The van der Waals surface area contributed by atoms with Gasteiger partial charge in [-0.2, -0.15) is 0 Å². The molecule has 1 aromatic heterocycles. The number of benzene rings is 1. The SMILES string of the molecule is Cc1cnc(C(=O)OC(C)C(=O)N(C)Cc2cccc(F)c2)c(O)c1. The summed E-state index contributed by atoms with van der Waals surface area (Å²) < 4.78 is 18.3. The molecule has 1 heterocycles. The predicted octanol–water partition coefficient (Wildman–Crippen LogP) is 2.44. The van der Waals surface area contributed by atoms with Crippen LogP contribution in [0.4, 0.5) is 4.39 Å². The fraction of sp³-hybridized carbons (Fsp3) is 0.278. The van der Waals surface area contributed by atoms with Crippen molar-refractivity contribution >= 4 is 11.9 Å². The third-order valence-corrected chi connectivity index (χ3v) is 3.51. The van der Waals surface area contributed by atoms with Crippen molar-refractivity contribution in [3.8, 4) is 5.75 Å². The number of amides is 1. The first-order chi connectivity index (χ1) is 11.8. The Morgan fingerprint density at radius 2 is 2.08 bits per heavy atom. The largest absolute Gasteiger partial charge is 0.505 e. The summed E-state index contributed by atoms with van der Waals surface area (Å²) in [7, 11) is 1.53. The number of carbonyl (C=O) groups is 2. The number of aromatic hydroxyl groups is 1. The molecular weight excluding hydrogens is 327 g/mol. The molecule has 0 saturated heterocycles. The Bertz CT molecular complexity index is 794. The predicted molar refractivity (Wildman–Crippen MR) is 88.4 cm³/mol. The van der Waals surface area contributed by atoms with Crippen molar-refractivity contribution in [3.05, 3.63) is 59.2 Å². The lowest BCUT2D eigenvalue weighted by Crippen LogP contribution is -2.37. The zero-order chi connectivity index (χ0) is 18.6. The molecule has 0 aliphatic rings. The smallest absolute Gasteiger partial charge is 0.361 e. The molecule has 7 heteroatoms. The highest BCUT2D eigenvalue weighted by Gasteiger charge is 2.24. The Morgan fingerprint density at radius 3 is 2.72 bits per heavy atom. The average Bonchev–Trinajstić information content (AvgIpc) is 2.53. The number of likely N-dealkylation sites (N-methyl/N-ethyl adjacent to an activating group) is 1. The second-order valence-corrected chi connectivity index (χ2v) is 5.75. The third-order valence-electron chi connectivity index (χ3n) is 3.51. The molecule has 0 saturated carbocycles. The summed E-state index contributed by atoms with van der Waals surface area (Å²) in [6.45, 7) is 3.31. The normalized spacial score (nSPS) is 11.7. The molecule has 132 valence electrons. The van der Waals surface area contributed by atoms with E-state index in [2.05, 4.69) is 4.98 Å². The second kappa shape index (κ2) is 7.74. The Hall–Kier alpha value is -2.96. The van der Waals surface area contributed by atoms with Crippen LogP contribution in [0.2, 0.25) is 0 Å². The van der Waals surface area contributed by atoms with Crippen molar-refractivity contribution in [2.45, 2.75) is 26.5 Å². The number of pyridine rings is 1.